The van der Waals surface area contributed by atoms with Crippen LogP contribution in [0.1, 0.15) is 13.8 Å². The molecule has 0 spiro atoms. The van der Waals surface area contributed by atoms with Crippen molar-refractivity contribution in [1.82, 2.24) is 14.5 Å². The van der Waals surface area contributed by atoms with Crippen molar-refractivity contribution in [3.05, 3.63) is 18.3 Å². The second-order valence-corrected chi connectivity index (χ2v) is 5.88. The lowest BCUT2D eigenvalue weighted by atomic mass is 10.4. The van der Waals surface area contributed by atoms with Crippen LogP contribution in [0.15, 0.2) is 23.2 Å². The number of ether oxygens (including phenoxy) is 1. The van der Waals surface area contributed by atoms with Gasteiger partial charge in [-0.25, -0.2) is 13.1 Å². The molecule has 0 radical (unpaired) electrons. The van der Waals surface area contributed by atoms with Crippen LogP contribution in [0.3, 0.4) is 0 Å². The topological polar surface area (TPSA) is 99.2 Å². The zero-order valence-electron chi connectivity index (χ0n) is 11.2. The normalized spacial score (nSPS) is 11.7. The maximum atomic E-state index is 12.0. The highest BCUT2D eigenvalue weighted by molar-refractivity contribution is 7.89. The Kier molecular flexibility index (Phi) is 5.52. The molecule has 7 nitrogen and oxygen atoms in total. The summed E-state index contributed by atoms with van der Waals surface area (Å²) < 4.78 is 33.0. The molecule has 0 aliphatic carbocycles. The maximum absolute atomic E-state index is 12.0. The van der Waals surface area contributed by atoms with Crippen molar-refractivity contribution in [2.75, 3.05) is 25.5 Å². The Balaban J connectivity index is 2.56. The van der Waals surface area contributed by atoms with E-state index in [1.165, 1.54) is 10.9 Å². The van der Waals surface area contributed by atoms with Crippen LogP contribution in [-0.4, -0.2) is 38.0 Å². The number of nitrogens with zero attached hydrogens (tertiary/aromatic N) is 2. The number of sulfonamides is 1. The third kappa shape index (κ3) is 4.66. The van der Waals surface area contributed by atoms with E-state index in [1.807, 2.05) is 13.8 Å². The number of nitrogen functional groups attached to an aromatic ring is 1. The van der Waals surface area contributed by atoms with Gasteiger partial charge >= 0.3 is 0 Å². The van der Waals surface area contributed by atoms with Gasteiger partial charge in [0.2, 0.25) is 10.0 Å². The lowest BCUT2D eigenvalue weighted by molar-refractivity contribution is 0.162. The first-order valence-electron chi connectivity index (χ1n) is 5.91. The Labute approximate surface area is 113 Å². The van der Waals surface area contributed by atoms with E-state index in [0.717, 1.165) is 5.57 Å². The summed E-state index contributed by atoms with van der Waals surface area (Å²) in [7, 11) is -3.64. The van der Waals surface area contributed by atoms with Gasteiger partial charge in [0.15, 0.2) is 5.82 Å². The second-order valence-electron chi connectivity index (χ2n) is 4.14. The number of rotatable bonds is 8. The summed E-state index contributed by atoms with van der Waals surface area (Å²) in [4.78, 5) is -0.00532. The van der Waals surface area contributed by atoms with Crippen molar-refractivity contribution in [2.24, 2.45) is 0 Å². The zero-order chi connectivity index (χ0) is 14.5. The van der Waals surface area contributed by atoms with Crippen molar-refractivity contribution in [3.63, 3.8) is 0 Å². The van der Waals surface area contributed by atoms with Crippen LogP contribution in [0.25, 0.3) is 0 Å². The van der Waals surface area contributed by atoms with E-state index in [9.17, 15) is 8.42 Å². The van der Waals surface area contributed by atoms with Gasteiger partial charge in [0.05, 0.1) is 13.2 Å². The fourth-order valence-corrected chi connectivity index (χ4v) is 2.44. The molecule has 0 amide bonds. The van der Waals surface area contributed by atoms with E-state index in [-0.39, 0.29) is 23.9 Å². The Morgan fingerprint density at radius 3 is 2.84 bits per heavy atom. The molecule has 0 aliphatic rings. The van der Waals surface area contributed by atoms with Crippen LogP contribution in [0.4, 0.5) is 5.82 Å². The summed E-state index contributed by atoms with van der Waals surface area (Å²) >= 11 is 0. The summed E-state index contributed by atoms with van der Waals surface area (Å²) in [6.45, 7) is 8.78. The van der Waals surface area contributed by atoms with Gasteiger partial charge in [-0.3, -0.25) is 4.68 Å². The molecule has 0 fully saturated rings. The smallest absolute Gasteiger partial charge is 0.245 e. The van der Waals surface area contributed by atoms with Crippen LogP contribution in [0, 0.1) is 0 Å². The van der Waals surface area contributed by atoms with Crippen LogP contribution in [-0.2, 0) is 21.3 Å². The molecule has 0 aliphatic heterocycles. The molecule has 1 aromatic rings. The summed E-state index contributed by atoms with van der Waals surface area (Å²) in [5, 5.41) is 3.90. The van der Waals surface area contributed by atoms with Gasteiger partial charge in [-0.15, -0.1) is 0 Å². The number of nitrogens with two attached hydrogens (primary N) is 1. The zero-order valence-corrected chi connectivity index (χ0v) is 12.0. The van der Waals surface area contributed by atoms with Gasteiger partial charge in [-0.05, 0) is 13.8 Å². The van der Waals surface area contributed by atoms with Gasteiger partial charge in [0.25, 0.3) is 0 Å². The average Bonchev–Trinajstić information content (AvgIpc) is 2.70. The quantitative estimate of drug-likeness (QED) is 0.531. The largest absolute Gasteiger partial charge is 0.381 e. The fourth-order valence-electron chi connectivity index (χ4n) is 1.36. The minimum absolute atomic E-state index is 0.00259. The number of aryl methyl sites for hydroxylation is 1. The molecule has 0 atom stereocenters. The van der Waals surface area contributed by atoms with Gasteiger partial charge in [0.1, 0.15) is 4.90 Å². The van der Waals surface area contributed by atoms with Crippen molar-refractivity contribution in [1.29, 1.82) is 0 Å². The van der Waals surface area contributed by atoms with E-state index >= 15 is 0 Å². The molecule has 0 aromatic carbocycles. The van der Waals surface area contributed by atoms with Crippen molar-refractivity contribution < 1.29 is 13.2 Å². The first-order valence-corrected chi connectivity index (χ1v) is 7.40. The van der Waals surface area contributed by atoms with Gasteiger partial charge in [0, 0.05) is 19.3 Å². The third-order valence-electron chi connectivity index (χ3n) is 2.26. The molecular weight excluding hydrogens is 268 g/mol. The van der Waals surface area contributed by atoms with Gasteiger partial charge < -0.3 is 10.5 Å². The van der Waals surface area contributed by atoms with Crippen LogP contribution >= 0.6 is 0 Å². The molecule has 3 N–H and O–H groups in total. The van der Waals surface area contributed by atoms with Gasteiger partial charge in [-0.1, -0.05) is 12.2 Å². The Bertz CT molecular complexity index is 536. The average molecular weight is 288 g/mol. The van der Waals surface area contributed by atoms with Crippen molar-refractivity contribution in [3.8, 4) is 0 Å². The van der Waals surface area contributed by atoms with E-state index in [1.54, 1.807) is 0 Å². The number of aromatic nitrogens is 2. The molecular formula is C11H20N4O3S. The van der Waals surface area contributed by atoms with Gasteiger partial charge in [-0.2, -0.15) is 5.10 Å². The minimum Gasteiger partial charge on any atom is -0.381 e. The number of hydrogen-bond donors (Lipinski definition) is 2. The Morgan fingerprint density at radius 1 is 1.63 bits per heavy atom. The second kappa shape index (κ2) is 6.69. The molecule has 1 rings (SSSR count). The van der Waals surface area contributed by atoms with Crippen molar-refractivity contribution in [2.45, 2.75) is 25.3 Å². The number of anilines is 1. The highest BCUT2D eigenvalue weighted by atomic mass is 32.2. The fraction of sp³-hybridized carbons (Fsp3) is 0.545. The van der Waals surface area contributed by atoms with E-state index in [4.69, 9.17) is 10.5 Å². The molecule has 8 heteroatoms. The summed E-state index contributed by atoms with van der Waals surface area (Å²) in [6.07, 6.45) is 1.41. The van der Waals surface area contributed by atoms with E-state index in [2.05, 4.69) is 16.4 Å². The van der Waals surface area contributed by atoms with Crippen LogP contribution in [0.5, 0.6) is 0 Å². The lowest BCUT2D eigenvalue weighted by Crippen LogP contribution is -2.28. The van der Waals surface area contributed by atoms with Crippen LogP contribution in [0.2, 0.25) is 0 Å². The molecule has 108 valence electrons. The number of nitrogens with one attached hydrogen (secondary N) is 1. The monoisotopic (exact) mass is 288 g/mol. The van der Waals surface area contributed by atoms with E-state index in [0.29, 0.717) is 13.2 Å². The molecule has 1 heterocycles. The SMILES string of the molecule is C=C(C)COCCNS(=O)(=O)c1cn(CC)nc1N. The molecule has 19 heavy (non-hydrogen) atoms. The summed E-state index contributed by atoms with van der Waals surface area (Å²) in [5.74, 6) is -0.00259. The molecule has 1 aromatic heterocycles. The standard InChI is InChI=1S/C11H20N4O3S/c1-4-15-7-10(11(12)14-15)19(16,17)13-5-6-18-8-9(2)3/h7,13H,2,4-6,8H2,1,3H3,(H2,12,14). The van der Waals surface area contributed by atoms with Crippen molar-refractivity contribution >= 4 is 15.8 Å². The molecule has 0 saturated carbocycles. The third-order valence-corrected chi connectivity index (χ3v) is 3.73. The van der Waals surface area contributed by atoms with Crippen LogP contribution < -0.4 is 10.5 Å². The predicted molar refractivity (Wildman–Crippen MR) is 73.1 cm³/mol. The summed E-state index contributed by atoms with van der Waals surface area (Å²) in [6, 6.07) is 0. The maximum Gasteiger partial charge on any atom is 0.245 e. The number of hydrogen-bond acceptors (Lipinski definition) is 5. The minimum atomic E-state index is -3.64. The lowest BCUT2D eigenvalue weighted by Gasteiger charge is -2.06. The predicted octanol–water partition coefficient (Wildman–Crippen LogP) is 0.356. The summed E-state index contributed by atoms with van der Waals surface area (Å²) in [5.41, 5.74) is 6.46. The first-order chi connectivity index (χ1) is 8.86. The molecule has 0 saturated heterocycles. The Morgan fingerprint density at radius 2 is 2.32 bits per heavy atom. The highest BCUT2D eigenvalue weighted by Crippen LogP contribution is 2.15. The van der Waals surface area contributed by atoms with E-state index < -0.39 is 10.0 Å². The molecule has 0 unspecified atom stereocenters. The Hall–Kier alpha value is -1.38. The first kappa shape index (κ1) is 15.7. The highest BCUT2D eigenvalue weighted by Gasteiger charge is 2.20. The molecule has 0 bridgehead atoms.